The molecular formula is C22H20N4O7S2. The Kier molecular flexibility index (Phi) is 6.65. The summed E-state index contributed by atoms with van der Waals surface area (Å²) in [6.45, 7) is 1.55. The third-order valence-electron chi connectivity index (χ3n) is 5.18. The van der Waals surface area contributed by atoms with Crippen molar-refractivity contribution < 1.29 is 32.3 Å². The molecule has 13 heteroatoms. The summed E-state index contributed by atoms with van der Waals surface area (Å²) in [6, 6.07) is 10.1. The Labute approximate surface area is 203 Å². The van der Waals surface area contributed by atoms with E-state index in [9.17, 15) is 27.6 Å². The Bertz CT molecular complexity index is 1540. The van der Waals surface area contributed by atoms with Crippen molar-refractivity contribution in [1.82, 2.24) is 4.57 Å². The number of anilines is 1. The van der Waals surface area contributed by atoms with E-state index >= 15 is 0 Å². The van der Waals surface area contributed by atoms with Gasteiger partial charge in [-0.25, -0.2) is 13.6 Å². The molecule has 0 bridgehead atoms. The van der Waals surface area contributed by atoms with E-state index < -0.39 is 21.9 Å². The fourth-order valence-electron chi connectivity index (χ4n) is 3.60. The van der Waals surface area contributed by atoms with Crippen LogP contribution in [0.4, 0.5) is 5.69 Å². The van der Waals surface area contributed by atoms with Gasteiger partial charge < -0.3 is 9.30 Å². The number of carbonyl (C=O) groups is 4. The SMILES string of the molecule is CCOC(=O)Cn1c(=NC(=O)c2cccc(N3C(=O)CCC3=O)c2)sc2cc(S(N)(=O)=O)ccc21. The van der Waals surface area contributed by atoms with Crippen LogP contribution in [0.3, 0.4) is 0 Å². The molecule has 0 atom stereocenters. The van der Waals surface area contributed by atoms with Crippen molar-refractivity contribution >= 4 is 61.0 Å². The Morgan fingerprint density at radius 3 is 2.49 bits per heavy atom. The van der Waals surface area contributed by atoms with Crippen LogP contribution in [0.5, 0.6) is 0 Å². The van der Waals surface area contributed by atoms with Crippen LogP contribution in [0, 0.1) is 0 Å². The summed E-state index contributed by atoms with van der Waals surface area (Å²) in [6.07, 6.45) is 0.217. The Morgan fingerprint density at radius 1 is 1.11 bits per heavy atom. The predicted octanol–water partition coefficient (Wildman–Crippen LogP) is 1.31. The molecule has 1 saturated heterocycles. The summed E-state index contributed by atoms with van der Waals surface area (Å²) in [5, 5.41) is 5.22. The van der Waals surface area contributed by atoms with Gasteiger partial charge in [-0.2, -0.15) is 4.99 Å². The van der Waals surface area contributed by atoms with Crippen molar-refractivity contribution in [1.29, 1.82) is 0 Å². The zero-order chi connectivity index (χ0) is 25.3. The highest BCUT2D eigenvalue weighted by molar-refractivity contribution is 7.89. The molecule has 3 amide bonds. The number of nitrogens with zero attached hydrogens (tertiary/aromatic N) is 3. The molecule has 2 N–H and O–H groups in total. The minimum Gasteiger partial charge on any atom is -0.465 e. The molecular weight excluding hydrogens is 496 g/mol. The van der Waals surface area contributed by atoms with Crippen LogP contribution in [-0.2, 0) is 35.7 Å². The number of primary sulfonamides is 1. The number of amides is 3. The van der Waals surface area contributed by atoms with E-state index in [4.69, 9.17) is 9.88 Å². The molecule has 0 saturated carbocycles. The van der Waals surface area contributed by atoms with Gasteiger partial charge in [0.05, 0.1) is 27.4 Å². The zero-order valence-electron chi connectivity index (χ0n) is 18.5. The molecule has 1 aromatic heterocycles. The van der Waals surface area contributed by atoms with Crippen LogP contribution in [0.2, 0.25) is 0 Å². The molecule has 1 aliphatic rings. The van der Waals surface area contributed by atoms with Crippen LogP contribution in [0.15, 0.2) is 52.4 Å². The van der Waals surface area contributed by atoms with Gasteiger partial charge in [0.15, 0.2) is 4.80 Å². The highest BCUT2D eigenvalue weighted by Gasteiger charge is 2.30. The van der Waals surface area contributed by atoms with Crippen LogP contribution in [-0.4, -0.2) is 43.3 Å². The number of thiazole rings is 1. The zero-order valence-corrected chi connectivity index (χ0v) is 20.1. The molecule has 1 fully saturated rings. The quantitative estimate of drug-likeness (QED) is 0.382. The first kappa shape index (κ1) is 24.4. The first-order valence-electron chi connectivity index (χ1n) is 10.4. The van der Waals surface area contributed by atoms with E-state index in [2.05, 4.69) is 4.99 Å². The van der Waals surface area contributed by atoms with Crippen molar-refractivity contribution in [3.8, 4) is 0 Å². The Hall–Kier alpha value is -3.68. The second kappa shape index (κ2) is 9.52. The number of sulfonamides is 1. The van der Waals surface area contributed by atoms with E-state index in [-0.39, 0.29) is 58.8 Å². The number of rotatable bonds is 6. The summed E-state index contributed by atoms with van der Waals surface area (Å²) in [7, 11) is -3.97. The van der Waals surface area contributed by atoms with Crippen LogP contribution in [0.25, 0.3) is 10.2 Å². The second-order valence-electron chi connectivity index (χ2n) is 7.54. The molecule has 0 unspecified atom stereocenters. The lowest BCUT2D eigenvalue weighted by atomic mass is 10.2. The van der Waals surface area contributed by atoms with Crippen molar-refractivity contribution in [2.24, 2.45) is 10.1 Å². The molecule has 2 aromatic carbocycles. The molecule has 2 heterocycles. The number of hydrogen-bond acceptors (Lipinski definition) is 8. The minimum atomic E-state index is -3.97. The molecule has 3 aromatic rings. The van der Waals surface area contributed by atoms with Crippen molar-refractivity contribution in [3.05, 3.63) is 52.8 Å². The number of hydrogen-bond donors (Lipinski definition) is 1. The number of aromatic nitrogens is 1. The van der Waals surface area contributed by atoms with Gasteiger partial charge in [-0.1, -0.05) is 17.4 Å². The van der Waals surface area contributed by atoms with Crippen molar-refractivity contribution in [2.45, 2.75) is 31.2 Å². The number of fused-ring (bicyclic) bond motifs is 1. The standard InChI is InChI=1S/C22H20N4O7S2/c1-2-33-20(29)12-25-16-7-6-15(35(23,31)32)11-17(16)34-22(25)24-21(30)13-4-3-5-14(10-13)26-18(27)8-9-19(26)28/h3-7,10-11H,2,8-9,12H2,1H3,(H2,23,31,32). The lowest BCUT2D eigenvalue weighted by molar-refractivity contribution is -0.143. The maximum atomic E-state index is 13.0. The van der Waals surface area contributed by atoms with Crippen LogP contribution in [0.1, 0.15) is 30.1 Å². The number of carbonyl (C=O) groups excluding carboxylic acids is 4. The van der Waals surface area contributed by atoms with Gasteiger partial charge >= 0.3 is 5.97 Å². The average molecular weight is 517 g/mol. The van der Waals surface area contributed by atoms with Gasteiger partial charge in [0.1, 0.15) is 6.54 Å². The number of esters is 1. The molecule has 1 aliphatic heterocycles. The molecule has 35 heavy (non-hydrogen) atoms. The summed E-state index contributed by atoms with van der Waals surface area (Å²) in [5.41, 5.74) is 0.858. The second-order valence-corrected chi connectivity index (χ2v) is 10.1. The predicted molar refractivity (Wildman–Crippen MR) is 126 cm³/mol. The van der Waals surface area contributed by atoms with Gasteiger partial charge in [-0.15, -0.1) is 0 Å². The first-order chi connectivity index (χ1) is 16.6. The average Bonchev–Trinajstić information content (AvgIpc) is 3.31. The molecule has 0 spiro atoms. The lowest BCUT2D eigenvalue weighted by Gasteiger charge is -2.14. The van der Waals surface area contributed by atoms with Gasteiger partial charge in [0.25, 0.3) is 5.91 Å². The number of nitrogens with two attached hydrogens (primary N) is 1. The molecule has 11 nitrogen and oxygen atoms in total. The normalized spacial score (nSPS) is 14.7. The molecule has 182 valence electrons. The van der Waals surface area contributed by atoms with Gasteiger partial charge in [-0.05, 0) is 43.3 Å². The first-order valence-corrected chi connectivity index (χ1v) is 12.8. The van der Waals surface area contributed by atoms with E-state index in [0.29, 0.717) is 10.2 Å². The highest BCUT2D eigenvalue weighted by Crippen LogP contribution is 2.24. The van der Waals surface area contributed by atoms with Gasteiger partial charge in [0, 0.05) is 18.4 Å². The smallest absolute Gasteiger partial charge is 0.326 e. The van der Waals surface area contributed by atoms with E-state index in [1.807, 2.05) is 0 Å². The molecule has 0 aliphatic carbocycles. The topological polar surface area (TPSA) is 158 Å². The summed E-state index contributed by atoms with van der Waals surface area (Å²) < 4.78 is 30.4. The highest BCUT2D eigenvalue weighted by atomic mass is 32.2. The van der Waals surface area contributed by atoms with Crippen LogP contribution >= 0.6 is 11.3 Å². The number of imide groups is 1. The summed E-state index contributed by atoms with van der Waals surface area (Å²) >= 11 is 0.997. The fourth-order valence-corrected chi connectivity index (χ4v) is 5.28. The monoisotopic (exact) mass is 516 g/mol. The van der Waals surface area contributed by atoms with Gasteiger partial charge in [0.2, 0.25) is 21.8 Å². The van der Waals surface area contributed by atoms with Crippen molar-refractivity contribution in [2.75, 3.05) is 11.5 Å². The van der Waals surface area contributed by atoms with Gasteiger partial charge in [-0.3, -0.25) is 24.1 Å². The maximum absolute atomic E-state index is 13.0. The lowest BCUT2D eigenvalue weighted by Crippen LogP contribution is -2.28. The molecule has 0 radical (unpaired) electrons. The summed E-state index contributed by atoms with van der Waals surface area (Å²) in [4.78, 5) is 54.5. The third kappa shape index (κ3) is 5.06. The molecule has 4 rings (SSSR count). The Balaban J connectivity index is 1.79. The fraction of sp³-hybridized carbons (Fsp3) is 0.227. The van der Waals surface area contributed by atoms with Crippen LogP contribution < -0.4 is 14.8 Å². The summed E-state index contributed by atoms with van der Waals surface area (Å²) in [5.74, 6) is -1.94. The van der Waals surface area contributed by atoms with Crippen molar-refractivity contribution in [3.63, 3.8) is 0 Å². The Morgan fingerprint density at radius 2 is 1.83 bits per heavy atom. The number of ether oxygens (including phenoxy) is 1. The minimum absolute atomic E-state index is 0.109. The third-order valence-corrected chi connectivity index (χ3v) is 7.13. The largest absolute Gasteiger partial charge is 0.465 e. The maximum Gasteiger partial charge on any atom is 0.326 e. The number of benzene rings is 2. The van der Waals surface area contributed by atoms with E-state index in [1.54, 1.807) is 13.0 Å². The van der Waals surface area contributed by atoms with E-state index in [0.717, 1.165) is 16.2 Å². The van der Waals surface area contributed by atoms with E-state index in [1.165, 1.54) is 41.0 Å².